The quantitative estimate of drug-likeness (QED) is 0.283. The Labute approximate surface area is 184 Å². The van der Waals surface area contributed by atoms with E-state index in [4.69, 9.17) is 4.74 Å². The van der Waals surface area contributed by atoms with Crippen LogP contribution < -0.4 is 20.1 Å². The van der Waals surface area contributed by atoms with E-state index in [0.29, 0.717) is 12.5 Å². The maximum absolute atomic E-state index is 11.9. The van der Waals surface area contributed by atoms with Gasteiger partial charge in [0.1, 0.15) is 5.75 Å². The van der Waals surface area contributed by atoms with E-state index in [-0.39, 0.29) is 28.9 Å². The molecular weight excluding hydrogens is 491 g/mol. The lowest BCUT2D eigenvalue weighted by molar-refractivity contribution is 0.414. The van der Waals surface area contributed by atoms with Crippen LogP contribution >= 0.6 is 24.0 Å². The molecule has 0 fully saturated rings. The van der Waals surface area contributed by atoms with E-state index in [9.17, 15) is 8.42 Å². The van der Waals surface area contributed by atoms with E-state index >= 15 is 0 Å². The van der Waals surface area contributed by atoms with Crippen molar-refractivity contribution in [3.63, 3.8) is 0 Å². The SMILES string of the molecule is CN=C(NCCc1ccc(OC)cc1)NCc1cccc(S(=O)(=O)NC)c1.I. The largest absolute Gasteiger partial charge is 0.497 e. The number of aliphatic imine (C=N–C) groups is 1. The molecule has 9 heteroatoms. The molecule has 0 aromatic heterocycles. The van der Waals surface area contributed by atoms with E-state index in [0.717, 1.165) is 24.3 Å². The van der Waals surface area contributed by atoms with Crippen LogP contribution in [0.25, 0.3) is 0 Å². The summed E-state index contributed by atoms with van der Waals surface area (Å²) in [7, 11) is 1.30. The lowest BCUT2D eigenvalue weighted by atomic mass is 10.1. The summed E-state index contributed by atoms with van der Waals surface area (Å²) in [6.45, 7) is 1.19. The fourth-order valence-corrected chi connectivity index (χ4v) is 3.26. The molecule has 0 saturated heterocycles. The van der Waals surface area contributed by atoms with Crippen LogP contribution in [0.2, 0.25) is 0 Å². The molecule has 2 rings (SSSR count). The highest BCUT2D eigenvalue weighted by atomic mass is 127. The fourth-order valence-electron chi connectivity index (χ4n) is 2.46. The van der Waals surface area contributed by atoms with Gasteiger partial charge >= 0.3 is 0 Å². The van der Waals surface area contributed by atoms with E-state index in [2.05, 4.69) is 20.3 Å². The molecule has 0 atom stereocenters. The Hall–Kier alpha value is -1.85. The van der Waals surface area contributed by atoms with Gasteiger partial charge in [-0.25, -0.2) is 13.1 Å². The highest BCUT2D eigenvalue weighted by molar-refractivity contribution is 14.0. The molecule has 0 aliphatic rings. The number of rotatable bonds is 8. The van der Waals surface area contributed by atoms with Crippen LogP contribution in [-0.4, -0.2) is 42.1 Å². The highest BCUT2D eigenvalue weighted by Gasteiger charge is 2.11. The van der Waals surface area contributed by atoms with Gasteiger partial charge in [-0.2, -0.15) is 0 Å². The van der Waals surface area contributed by atoms with Gasteiger partial charge in [0.25, 0.3) is 0 Å². The molecule has 0 bridgehead atoms. The van der Waals surface area contributed by atoms with Gasteiger partial charge < -0.3 is 15.4 Å². The number of halogens is 1. The van der Waals surface area contributed by atoms with Crippen LogP contribution in [-0.2, 0) is 23.0 Å². The van der Waals surface area contributed by atoms with E-state index < -0.39 is 10.0 Å². The van der Waals surface area contributed by atoms with E-state index in [1.54, 1.807) is 32.4 Å². The Morgan fingerprint density at radius 1 is 1.07 bits per heavy atom. The van der Waals surface area contributed by atoms with Gasteiger partial charge in [0, 0.05) is 20.1 Å². The van der Waals surface area contributed by atoms with Crippen LogP contribution in [0.5, 0.6) is 5.75 Å². The van der Waals surface area contributed by atoms with Gasteiger partial charge in [-0.3, -0.25) is 4.99 Å². The van der Waals surface area contributed by atoms with Crippen molar-refractivity contribution in [3.05, 3.63) is 59.7 Å². The second kappa shape index (κ2) is 11.9. The van der Waals surface area contributed by atoms with Gasteiger partial charge in [0.05, 0.1) is 12.0 Å². The Morgan fingerprint density at radius 3 is 2.39 bits per heavy atom. The summed E-state index contributed by atoms with van der Waals surface area (Å²) in [5, 5.41) is 6.44. The number of guanidine groups is 1. The first-order valence-corrected chi connectivity index (χ1v) is 10.1. The first kappa shape index (κ1) is 24.2. The zero-order chi connectivity index (χ0) is 19.7. The Bertz CT molecular complexity index is 871. The number of methoxy groups -OCH3 is 1. The van der Waals surface area contributed by atoms with Gasteiger partial charge in [-0.1, -0.05) is 24.3 Å². The van der Waals surface area contributed by atoms with Crippen LogP contribution in [0.4, 0.5) is 0 Å². The maximum Gasteiger partial charge on any atom is 0.240 e. The molecule has 0 saturated carbocycles. The van der Waals surface area contributed by atoms with Crippen molar-refractivity contribution in [1.29, 1.82) is 0 Å². The molecule has 0 radical (unpaired) electrons. The predicted molar refractivity (Wildman–Crippen MR) is 123 cm³/mol. The first-order chi connectivity index (χ1) is 13.0. The Kier molecular flexibility index (Phi) is 10.3. The van der Waals surface area contributed by atoms with Crippen LogP contribution in [0.3, 0.4) is 0 Å². The summed E-state index contributed by atoms with van der Waals surface area (Å²) in [4.78, 5) is 4.44. The van der Waals surface area contributed by atoms with Gasteiger partial charge in [-0.05, 0) is 48.9 Å². The lowest BCUT2D eigenvalue weighted by Gasteiger charge is -2.13. The molecule has 0 aliphatic heterocycles. The monoisotopic (exact) mass is 518 g/mol. The third-order valence-electron chi connectivity index (χ3n) is 4.03. The topological polar surface area (TPSA) is 91.8 Å². The summed E-state index contributed by atoms with van der Waals surface area (Å²) in [6, 6.07) is 14.7. The zero-order valence-corrected chi connectivity index (χ0v) is 19.4. The van der Waals surface area contributed by atoms with Crippen molar-refractivity contribution in [3.8, 4) is 5.75 Å². The second-order valence-electron chi connectivity index (χ2n) is 5.81. The van der Waals surface area contributed by atoms with Gasteiger partial charge in [-0.15, -0.1) is 24.0 Å². The fraction of sp³-hybridized carbons (Fsp3) is 0.316. The summed E-state index contributed by atoms with van der Waals surface area (Å²) >= 11 is 0. The molecular formula is C19H27IN4O3S. The smallest absolute Gasteiger partial charge is 0.240 e. The number of nitrogens with zero attached hydrogens (tertiary/aromatic N) is 1. The van der Waals surface area contributed by atoms with Crippen molar-refractivity contribution in [1.82, 2.24) is 15.4 Å². The van der Waals surface area contributed by atoms with Crippen LogP contribution in [0, 0.1) is 0 Å². The van der Waals surface area contributed by atoms with Crippen LogP contribution in [0.1, 0.15) is 11.1 Å². The molecule has 2 aromatic rings. The van der Waals surface area contributed by atoms with Crippen molar-refractivity contribution < 1.29 is 13.2 Å². The molecule has 0 amide bonds. The molecule has 28 heavy (non-hydrogen) atoms. The number of nitrogens with one attached hydrogen (secondary N) is 3. The number of benzene rings is 2. The third kappa shape index (κ3) is 7.28. The minimum atomic E-state index is -3.45. The number of hydrogen-bond donors (Lipinski definition) is 3. The lowest BCUT2D eigenvalue weighted by Crippen LogP contribution is -2.37. The van der Waals surface area contributed by atoms with Crippen molar-refractivity contribution in [2.75, 3.05) is 27.7 Å². The van der Waals surface area contributed by atoms with Gasteiger partial charge in [0.15, 0.2) is 5.96 Å². The predicted octanol–water partition coefficient (Wildman–Crippen LogP) is 2.13. The number of hydrogen-bond acceptors (Lipinski definition) is 4. The van der Waals surface area contributed by atoms with Gasteiger partial charge in [0.2, 0.25) is 10.0 Å². The average Bonchev–Trinajstić information content (AvgIpc) is 2.71. The molecule has 0 spiro atoms. The number of ether oxygens (including phenoxy) is 1. The molecule has 154 valence electrons. The minimum Gasteiger partial charge on any atom is -0.497 e. The summed E-state index contributed by atoms with van der Waals surface area (Å²) in [6.07, 6.45) is 0.848. The maximum atomic E-state index is 11.9. The first-order valence-electron chi connectivity index (χ1n) is 8.58. The molecule has 2 aromatic carbocycles. The number of sulfonamides is 1. The molecule has 0 unspecified atom stereocenters. The highest BCUT2D eigenvalue weighted by Crippen LogP contribution is 2.12. The molecule has 3 N–H and O–H groups in total. The summed E-state index contributed by atoms with van der Waals surface area (Å²) in [5.74, 6) is 1.50. The standard InChI is InChI=1S/C19H26N4O3S.HI/c1-20-19(22-12-11-15-7-9-17(26-3)10-8-15)23-14-16-5-4-6-18(13-16)27(24,25)21-2;/h4-10,13,21H,11-12,14H2,1-3H3,(H2,20,22,23);1H. The third-order valence-corrected chi connectivity index (χ3v) is 5.44. The van der Waals surface area contributed by atoms with Crippen molar-refractivity contribution >= 4 is 40.0 Å². The summed E-state index contributed by atoms with van der Waals surface area (Å²) in [5.41, 5.74) is 2.05. The Balaban J connectivity index is 0.00000392. The van der Waals surface area contributed by atoms with Crippen molar-refractivity contribution in [2.24, 2.45) is 4.99 Å². The normalized spacial score (nSPS) is 11.5. The van der Waals surface area contributed by atoms with Crippen LogP contribution in [0.15, 0.2) is 58.4 Å². The van der Waals surface area contributed by atoms with E-state index in [1.807, 2.05) is 30.3 Å². The summed E-state index contributed by atoms with van der Waals surface area (Å²) < 4.78 is 31.2. The second-order valence-corrected chi connectivity index (χ2v) is 7.69. The molecule has 0 heterocycles. The zero-order valence-electron chi connectivity index (χ0n) is 16.2. The van der Waals surface area contributed by atoms with Crippen molar-refractivity contribution in [2.45, 2.75) is 17.9 Å². The molecule has 0 aliphatic carbocycles. The Morgan fingerprint density at radius 2 is 1.79 bits per heavy atom. The van der Waals surface area contributed by atoms with E-state index in [1.165, 1.54) is 12.6 Å². The minimum absolute atomic E-state index is 0. The molecule has 7 nitrogen and oxygen atoms in total. The average molecular weight is 518 g/mol.